The van der Waals surface area contributed by atoms with Gasteiger partial charge in [0.05, 0.1) is 0 Å². The van der Waals surface area contributed by atoms with Crippen molar-refractivity contribution in [3.05, 3.63) is 35.9 Å². The van der Waals surface area contributed by atoms with Gasteiger partial charge in [-0.15, -0.1) is 0 Å². The minimum Gasteiger partial charge on any atom is -0.299 e. The van der Waals surface area contributed by atoms with Crippen molar-refractivity contribution in [2.75, 3.05) is 0 Å². The van der Waals surface area contributed by atoms with Crippen molar-refractivity contribution in [3.8, 4) is 0 Å². The van der Waals surface area contributed by atoms with Crippen molar-refractivity contribution in [1.82, 2.24) is 0 Å². The fourth-order valence-electron chi connectivity index (χ4n) is 1.87. The molecule has 0 amide bonds. The highest BCUT2D eigenvalue weighted by molar-refractivity contribution is 5.80. The first-order chi connectivity index (χ1) is 8.11. The Kier molecular flexibility index (Phi) is 5.96. The van der Waals surface area contributed by atoms with E-state index in [1.807, 2.05) is 13.0 Å². The molecule has 1 aromatic rings. The van der Waals surface area contributed by atoms with Crippen LogP contribution < -0.4 is 0 Å². The molecule has 0 aliphatic rings. The van der Waals surface area contributed by atoms with Crippen LogP contribution in [0, 0.1) is 11.8 Å². The van der Waals surface area contributed by atoms with Crippen LogP contribution in [0.15, 0.2) is 30.3 Å². The Labute approximate surface area is 105 Å². The monoisotopic (exact) mass is 232 g/mol. The van der Waals surface area contributed by atoms with Crippen molar-refractivity contribution >= 4 is 5.78 Å². The van der Waals surface area contributed by atoms with Crippen molar-refractivity contribution < 1.29 is 4.79 Å². The molecule has 0 bridgehead atoms. The van der Waals surface area contributed by atoms with Gasteiger partial charge < -0.3 is 0 Å². The van der Waals surface area contributed by atoms with E-state index in [0.29, 0.717) is 11.7 Å². The second-order valence-corrected chi connectivity index (χ2v) is 5.19. The van der Waals surface area contributed by atoms with Crippen molar-refractivity contribution in [2.45, 2.75) is 46.5 Å². The molecule has 0 heterocycles. The van der Waals surface area contributed by atoms with E-state index in [9.17, 15) is 4.79 Å². The molecule has 1 atom stereocenters. The zero-order valence-corrected chi connectivity index (χ0v) is 11.3. The zero-order valence-electron chi connectivity index (χ0n) is 11.3. The molecule has 0 aliphatic heterocycles. The smallest absolute Gasteiger partial charge is 0.135 e. The van der Waals surface area contributed by atoms with E-state index in [-0.39, 0.29) is 5.92 Å². The maximum absolute atomic E-state index is 11.8. The predicted octanol–water partition coefficient (Wildman–Crippen LogP) is 4.26. The predicted molar refractivity (Wildman–Crippen MR) is 73.0 cm³/mol. The Morgan fingerprint density at radius 2 is 1.71 bits per heavy atom. The summed E-state index contributed by atoms with van der Waals surface area (Å²) in [4.78, 5) is 11.8. The normalized spacial score (nSPS) is 12.7. The van der Waals surface area contributed by atoms with E-state index < -0.39 is 0 Å². The minimum atomic E-state index is 0.215. The number of hydrogen-bond donors (Lipinski definition) is 0. The van der Waals surface area contributed by atoms with E-state index in [2.05, 4.69) is 38.1 Å². The Morgan fingerprint density at radius 3 is 2.29 bits per heavy atom. The second kappa shape index (κ2) is 7.26. The first kappa shape index (κ1) is 14.0. The van der Waals surface area contributed by atoms with Gasteiger partial charge in [-0.3, -0.25) is 4.79 Å². The maximum Gasteiger partial charge on any atom is 0.135 e. The first-order valence-electron chi connectivity index (χ1n) is 6.68. The topological polar surface area (TPSA) is 17.1 Å². The molecule has 0 aliphatic carbocycles. The van der Waals surface area contributed by atoms with Crippen LogP contribution in [-0.2, 0) is 11.2 Å². The van der Waals surface area contributed by atoms with Gasteiger partial charge in [0.25, 0.3) is 0 Å². The van der Waals surface area contributed by atoms with Crippen LogP contribution in [0.25, 0.3) is 0 Å². The largest absolute Gasteiger partial charge is 0.299 e. The van der Waals surface area contributed by atoms with Gasteiger partial charge in [-0.05, 0) is 30.7 Å². The van der Waals surface area contributed by atoms with E-state index in [1.54, 1.807) is 0 Å². The Balaban J connectivity index is 2.18. The lowest BCUT2D eigenvalue weighted by molar-refractivity contribution is -0.123. The highest BCUT2D eigenvalue weighted by atomic mass is 16.1. The standard InChI is InChI=1S/C16H24O/c1-13(2)14(3)16(17)12-8-7-11-15-9-5-4-6-10-15/h4-6,9-10,13-14H,7-8,11-12H2,1-3H3. The first-order valence-corrected chi connectivity index (χ1v) is 6.68. The van der Waals surface area contributed by atoms with E-state index in [0.717, 1.165) is 25.7 Å². The molecule has 0 saturated heterocycles. The van der Waals surface area contributed by atoms with Gasteiger partial charge in [0, 0.05) is 12.3 Å². The Bertz CT molecular complexity index is 327. The third-order valence-electron chi connectivity index (χ3n) is 3.49. The lowest BCUT2D eigenvalue weighted by Gasteiger charge is -2.13. The number of benzene rings is 1. The number of ketones is 1. The summed E-state index contributed by atoms with van der Waals surface area (Å²) in [5, 5.41) is 0. The number of rotatable bonds is 7. The summed E-state index contributed by atoms with van der Waals surface area (Å²) >= 11 is 0. The average molecular weight is 232 g/mol. The Hall–Kier alpha value is -1.11. The van der Waals surface area contributed by atoms with Gasteiger partial charge in [0.15, 0.2) is 0 Å². The molecular formula is C16H24O. The number of unbranched alkanes of at least 4 members (excludes halogenated alkanes) is 1. The summed E-state index contributed by atoms with van der Waals surface area (Å²) in [6.45, 7) is 6.28. The quantitative estimate of drug-likeness (QED) is 0.642. The number of carbonyl (C=O) groups excluding carboxylic acids is 1. The zero-order chi connectivity index (χ0) is 12.7. The van der Waals surface area contributed by atoms with Crippen LogP contribution in [0.5, 0.6) is 0 Å². The van der Waals surface area contributed by atoms with Crippen molar-refractivity contribution in [1.29, 1.82) is 0 Å². The molecule has 0 aromatic heterocycles. The van der Waals surface area contributed by atoms with Gasteiger partial charge in [0.1, 0.15) is 5.78 Å². The highest BCUT2D eigenvalue weighted by Crippen LogP contribution is 2.15. The van der Waals surface area contributed by atoms with Gasteiger partial charge in [0.2, 0.25) is 0 Å². The van der Waals surface area contributed by atoms with E-state index in [1.165, 1.54) is 5.56 Å². The average Bonchev–Trinajstić information content (AvgIpc) is 2.34. The summed E-state index contributed by atoms with van der Waals surface area (Å²) in [5.74, 6) is 1.11. The molecule has 0 fully saturated rings. The van der Waals surface area contributed by atoms with Crippen LogP contribution in [0.1, 0.15) is 45.6 Å². The lowest BCUT2D eigenvalue weighted by atomic mass is 9.90. The number of aryl methyl sites for hydroxylation is 1. The molecule has 1 heteroatoms. The van der Waals surface area contributed by atoms with Crippen LogP contribution in [0.3, 0.4) is 0 Å². The van der Waals surface area contributed by atoms with Crippen molar-refractivity contribution in [2.24, 2.45) is 11.8 Å². The summed E-state index contributed by atoms with van der Waals surface area (Å²) in [6, 6.07) is 10.5. The molecular weight excluding hydrogens is 208 g/mol. The number of Topliss-reactive ketones (excluding diaryl/α,β-unsaturated/α-hetero) is 1. The maximum atomic E-state index is 11.8. The summed E-state index contributed by atoms with van der Waals surface area (Å²) < 4.78 is 0. The fourth-order valence-corrected chi connectivity index (χ4v) is 1.87. The summed E-state index contributed by atoms with van der Waals surface area (Å²) in [6.07, 6.45) is 3.96. The summed E-state index contributed by atoms with van der Waals surface area (Å²) in [5.41, 5.74) is 1.37. The van der Waals surface area contributed by atoms with Gasteiger partial charge in [-0.1, -0.05) is 51.1 Å². The molecule has 94 valence electrons. The van der Waals surface area contributed by atoms with Gasteiger partial charge >= 0.3 is 0 Å². The van der Waals surface area contributed by atoms with Gasteiger partial charge in [-0.2, -0.15) is 0 Å². The molecule has 17 heavy (non-hydrogen) atoms. The number of hydrogen-bond acceptors (Lipinski definition) is 1. The minimum absolute atomic E-state index is 0.215. The molecule has 1 unspecified atom stereocenters. The third kappa shape index (κ3) is 5.16. The van der Waals surface area contributed by atoms with E-state index in [4.69, 9.17) is 0 Å². The van der Waals surface area contributed by atoms with Crippen molar-refractivity contribution in [3.63, 3.8) is 0 Å². The highest BCUT2D eigenvalue weighted by Gasteiger charge is 2.15. The molecule has 0 radical (unpaired) electrons. The van der Waals surface area contributed by atoms with Crippen LogP contribution in [0.2, 0.25) is 0 Å². The van der Waals surface area contributed by atoms with Crippen LogP contribution in [-0.4, -0.2) is 5.78 Å². The molecule has 0 spiro atoms. The van der Waals surface area contributed by atoms with Crippen LogP contribution >= 0.6 is 0 Å². The number of carbonyl (C=O) groups is 1. The Morgan fingerprint density at radius 1 is 1.06 bits per heavy atom. The molecule has 1 aromatic carbocycles. The molecule has 1 rings (SSSR count). The third-order valence-corrected chi connectivity index (χ3v) is 3.49. The van der Waals surface area contributed by atoms with Gasteiger partial charge in [-0.25, -0.2) is 0 Å². The van der Waals surface area contributed by atoms with Crippen LogP contribution in [0.4, 0.5) is 0 Å². The second-order valence-electron chi connectivity index (χ2n) is 5.19. The molecule has 1 nitrogen and oxygen atoms in total. The fraction of sp³-hybridized carbons (Fsp3) is 0.562. The lowest BCUT2D eigenvalue weighted by Crippen LogP contribution is -2.16. The molecule has 0 N–H and O–H groups in total. The summed E-state index contributed by atoms with van der Waals surface area (Å²) in [7, 11) is 0. The SMILES string of the molecule is CC(C)C(C)C(=O)CCCCc1ccccc1. The molecule has 0 saturated carbocycles. The van der Waals surface area contributed by atoms with E-state index >= 15 is 0 Å².